The normalized spacial score (nSPS) is 14.0. The standard InChI is InChI=1S/C23H27N3O6/c1-4-32-21-14-19(26(29)30)18(13-20(21)31-3)23(28)25-11-9-16(10-12-25)24-22(27)17-8-6-5-7-15(17)2/h5-8,13-14,16H,4,9-12H2,1-3H3,(H,24,27). The van der Waals surface area contributed by atoms with Crippen molar-refractivity contribution in [1.29, 1.82) is 0 Å². The number of aryl methyl sites for hydroxylation is 1. The van der Waals surface area contributed by atoms with Crippen LogP contribution < -0.4 is 14.8 Å². The number of nitro groups is 1. The van der Waals surface area contributed by atoms with E-state index in [1.807, 2.05) is 25.1 Å². The lowest BCUT2D eigenvalue weighted by atomic mass is 10.0. The van der Waals surface area contributed by atoms with Crippen molar-refractivity contribution in [3.05, 3.63) is 63.2 Å². The maximum Gasteiger partial charge on any atom is 0.286 e. The zero-order valence-corrected chi connectivity index (χ0v) is 18.4. The molecule has 0 bridgehead atoms. The molecule has 0 atom stereocenters. The Morgan fingerprint density at radius 1 is 1.16 bits per heavy atom. The fourth-order valence-electron chi connectivity index (χ4n) is 3.79. The second kappa shape index (κ2) is 10.1. The maximum atomic E-state index is 13.1. The fraction of sp³-hybridized carbons (Fsp3) is 0.391. The molecule has 0 aromatic heterocycles. The smallest absolute Gasteiger partial charge is 0.286 e. The Morgan fingerprint density at radius 3 is 2.44 bits per heavy atom. The van der Waals surface area contributed by atoms with Gasteiger partial charge in [-0.15, -0.1) is 0 Å². The van der Waals surface area contributed by atoms with Crippen LogP contribution in [-0.4, -0.2) is 54.5 Å². The van der Waals surface area contributed by atoms with Crippen molar-refractivity contribution in [3.8, 4) is 11.5 Å². The SMILES string of the molecule is CCOc1cc([N+](=O)[O-])c(C(=O)N2CCC(NC(=O)c3ccccc3C)CC2)cc1OC. The summed E-state index contributed by atoms with van der Waals surface area (Å²) in [5.41, 5.74) is 1.16. The number of piperidine rings is 1. The van der Waals surface area contributed by atoms with Crippen molar-refractivity contribution in [2.45, 2.75) is 32.7 Å². The molecule has 0 radical (unpaired) electrons. The number of rotatable bonds is 7. The first-order valence-electron chi connectivity index (χ1n) is 10.5. The quantitative estimate of drug-likeness (QED) is 0.521. The summed E-state index contributed by atoms with van der Waals surface area (Å²) >= 11 is 0. The number of carbonyl (C=O) groups excluding carboxylic acids is 2. The lowest BCUT2D eigenvalue weighted by Crippen LogP contribution is -2.46. The number of amides is 2. The number of nitrogens with one attached hydrogen (secondary N) is 1. The van der Waals surface area contributed by atoms with Crippen molar-refractivity contribution in [3.63, 3.8) is 0 Å². The number of hydrogen-bond donors (Lipinski definition) is 1. The van der Waals surface area contributed by atoms with E-state index in [-0.39, 0.29) is 34.7 Å². The third-order valence-electron chi connectivity index (χ3n) is 5.52. The minimum atomic E-state index is -0.593. The number of ether oxygens (including phenoxy) is 2. The van der Waals surface area contributed by atoms with Crippen molar-refractivity contribution in [1.82, 2.24) is 10.2 Å². The Kier molecular flexibility index (Phi) is 7.29. The zero-order chi connectivity index (χ0) is 23.3. The van der Waals surface area contributed by atoms with Gasteiger partial charge in [-0.1, -0.05) is 18.2 Å². The van der Waals surface area contributed by atoms with Gasteiger partial charge in [-0.05, 0) is 38.3 Å². The molecule has 2 aromatic rings. The highest BCUT2D eigenvalue weighted by molar-refractivity contribution is 5.99. The molecule has 0 aliphatic carbocycles. The average molecular weight is 441 g/mol. The monoisotopic (exact) mass is 441 g/mol. The number of nitrogens with zero attached hydrogens (tertiary/aromatic N) is 2. The van der Waals surface area contributed by atoms with Crippen LogP contribution in [0.4, 0.5) is 5.69 Å². The van der Waals surface area contributed by atoms with E-state index in [4.69, 9.17) is 9.47 Å². The molecule has 9 heteroatoms. The molecule has 3 rings (SSSR count). The molecule has 1 heterocycles. The van der Waals surface area contributed by atoms with Gasteiger partial charge in [0, 0.05) is 30.8 Å². The lowest BCUT2D eigenvalue weighted by Gasteiger charge is -2.32. The van der Waals surface area contributed by atoms with E-state index < -0.39 is 10.8 Å². The number of hydrogen-bond acceptors (Lipinski definition) is 6. The van der Waals surface area contributed by atoms with Gasteiger partial charge in [-0.2, -0.15) is 0 Å². The van der Waals surface area contributed by atoms with Crippen LogP contribution in [-0.2, 0) is 0 Å². The van der Waals surface area contributed by atoms with Gasteiger partial charge >= 0.3 is 0 Å². The van der Waals surface area contributed by atoms with Gasteiger partial charge in [0.25, 0.3) is 17.5 Å². The molecule has 1 aliphatic rings. The van der Waals surface area contributed by atoms with Crippen LogP contribution in [0.2, 0.25) is 0 Å². The van der Waals surface area contributed by atoms with Crippen molar-refractivity contribution in [2.24, 2.45) is 0 Å². The second-order valence-corrected chi connectivity index (χ2v) is 7.57. The van der Waals surface area contributed by atoms with E-state index in [2.05, 4.69) is 5.32 Å². The van der Waals surface area contributed by atoms with Crippen LogP contribution in [0.25, 0.3) is 0 Å². The van der Waals surface area contributed by atoms with Gasteiger partial charge in [0.2, 0.25) is 0 Å². The number of methoxy groups -OCH3 is 1. The van der Waals surface area contributed by atoms with E-state index in [1.54, 1.807) is 17.9 Å². The number of likely N-dealkylation sites (tertiary alicyclic amines) is 1. The highest BCUT2D eigenvalue weighted by Gasteiger charge is 2.31. The molecule has 170 valence electrons. The fourth-order valence-corrected chi connectivity index (χ4v) is 3.79. The van der Waals surface area contributed by atoms with Crippen LogP contribution >= 0.6 is 0 Å². The molecule has 1 fully saturated rings. The van der Waals surface area contributed by atoms with Gasteiger partial charge in [-0.3, -0.25) is 19.7 Å². The van der Waals surface area contributed by atoms with E-state index in [0.717, 1.165) is 5.56 Å². The summed E-state index contributed by atoms with van der Waals surface area (Å²) in [7, 11) is 1.42. The number of carbonyl (C=O) groups is 2. The first-order valence-corrected chi connectivity index (χ1v) is 10.5. The minimum absolute atomic E-state index is 0.0438. The maximum absolute atomic E-state index is 13.1. The topological polar surface area (TPSA) is 111 Å². The average Bonchev–Trinajstić information content (AvgIpc) is 2.79. The molecule has 32 heavy (non-hydrogen) atoms. The molecule has 0 unspecified atom stereocenters. The Labute approximate surface area is 186 Å². The molecule has 0 saturated carbocycles. The molecule has 1 saturated heterocycles. The predicted molar refractivity (Wildman–Crippen MR) is 118 cm³/mol. The van der Waals surface area contributed by atoms with Crippen molar-refractivity contribution < 1.29 is 24.0 Å². The summed E-state index contributed by atoms with van der Waals surface area (Å²) < 4.78 is 10.7. The first-order chi connectivity index (χ1) is 15.3. The van der Waals surface area contributed by atoms with E-state index in [9.17, 15) is 19.7 Å². The second-order valence-electron chi connectivity index (χ2n) is 7.57. The van der Waals surface area contributed by atoms with Crippen molar-refractivity contribution in [2.75, 3.05) is 26.8 Å². The third-order valence-corrected chi connectivity index (χ3v) is 5.52. The Balaban J connectivity index is 1.70. The van der Waals surface area contributed by atoms with Crippen molar-refractivity contribution >= 4 is 17.5 Å². The number of nitro benzene ring substituents is 1. The van der Waals surface area contributed by atoms with Crippen LogP contribution in [0, 0.1) is 17.0 Å². The van der Waals surface area contributed by atoms with Crippen LogP contribution in [0.1, 0.15) is 46.0 Å². The van der Waals surface area contributed by atoms with E-state index in [1.165, 1.54) is 19.2 Å². The lowest BCUT2D eigenvalue weighted by molar-refractivity contribution is -0.385. The zero-order valence-electron chi connectivity index (χ0n) is 18.4. The molecule has 0 spiro atoms. The van der Waals surface area contributed by atoms with Crippen LogP contribution in [0.15, 0.2) is 36.4 Å². The predicted octanol–water partition coefficient (Wildman–Crippen LogP) is 3.35. The van der Waals surface area contributed by atoms with E-state index >= 15 is 0 Å². The summed E-state index contributed by atoms with van der Waals surface area (Å²) in [6, 6.07) is 9.88. The molecular weight excluding hydrogens is 414 g/mol. The third kappa shape index (κ3) is 4.99. The van der Waals surface area contributed by atoms with Crippen LogP contribution in [0.3, 0.4) is 0 Å². The largest absolute Gasteiger partial charge is 0.493 e. The molecule has 2 amide bonds. The van der Waals surface area contributed by atoms with Gasteiger partial charge in [0.15, 0.2) is 11.5 Å². The Hall–Kier alpha value is -3.62. The summed E-state index contributed by atoms with van der Waals surface area (Å²) in [6.07, 6.45) is 1.12. The van der Waals surface area contributed by atoms with Gasteiger partial charge < -0.3 is 19.7 Å². The molecule has 9 nitrogen and oxygen atoms in total. The molecule has 2 aromatic carbocycles. The first kappa shape index (κ1) is 23.1. The number of benzene rings is 2. The Morgan fingerprint density at radius 2 is 1.84 bits per heavy atom. The highest BCUT2D eigenvalue weighted by Crippen LogP contribution is 2.35. The van der Waals surface area contributed by atoms with Gasteiger partial charge in [0.05, 0.1) is 24.7 Å². The summed E-state index contributed by atoms with van der Waals surface area (Å²) in [6.45, 7) is 4.71. The summed E-state index contributed by atoms with van der Waals surface area (Å²) in [5, 5.41) is 14.6. The van der Waals surface area contributed by atoms with E-state index in [0.29, 0.717) is 38.1 Å². The van der Waals surface area contributed by atoms with Gasteiger partial charge in [0.1, 0.15) is 5.56 Å². The summed E-state index contributed by atoms with van der Waals surface area (Å²) in [5.74, 6) is -0.0986. The summed E-state index contributed by atoms with van der Waals surface area (Å²) in [4.78, 5) is 38.2. The highest BCUT2D eigenvalue weighted by atomic mass is 16.6. The van der Waals surface area contributed by atoms with Crippen LogP contribution in [0.5, 0.6) is 11.5 Å². The Bertz CT molecular complexity index is 1010. The molecular formula is C23H27N3O6. The van der Waals surface area contributed by atoms with Gasteiger partial charge in [-0.25, -0.2) is 0 Å². The molecule has 1 N–H and O–H groups in total. The minimum Gasteiger partial charge on any atom is -0.493 e. The molecule has 1 aliphatic heterocycles.